The van der Waals surface area contributed by atoms with Crippen molar-refractivity contribution in [2.45, 2.75) is 51.2 Å². The van der Waals surface area contributed by atoms with E-state index < -0.39 is 0 Å². The van der Waals surface area contributed by atoms with E-state index in [0.29, 0.717) is 6.10 Å². The van der Waals surface area contributed by atoms with E-state index in [1.165, 1.54) is 49.7 Å². The molecule has 134 valence electrons. The number of piperidine rings is 2. The molecule has 4 nitrogen and oxygen atoms in total. The van der Waals surface area contributed by atoms with Gasteiger partial charge in [-0.05, 0) is 32.6 Å². The van der Waals surface area contributed by atoms with Crippen molar-refractivity contribution in [2.75, 3.05) is 66.6 Å². The fourth-order valence-electron chi connectivity index (χ4n) is 5.36. The molecule has 0 bridgehead atoms. The molecule has 0 aliphatic carbocycles. The Hall–Kier alpha value is -0.160. The van der Waals surface area contributed by atoms with Gasteiger partial charge in [0.2, 0.25) is 0 Å². The average molecular weight is 327 g/mol. The van der Waals surface area contributed by atoms with E-state index in [1.54, 1.807) is 0 Å². The van der Waals surface area contributed by atoms with Crippen LogP contribution in [0.3, 0.4) is 0 Å². The maximum Gasteiger partial charge on any atom is 0.105 e. The fraction of sp³-hybridized carbons (Fsp3) is 1.00. The van der Waals surface area contributed by atoms with Gasteiger partial charge in [-0.15, -0.1) is 0 Å². The van der Waals surface area contributed by atoms with Crippen molar-refractivity contribution in [2.24, 2.45) is 5.92 Å². The summed E-state index contributed by atoms with van der Waals surface area (Å²) in [5.74, 6) is 0.784. The van der Waals surface area contributed by atoms with Crippen LogP contribution in [0, 0.1) is 5.92 Å². The van der Waals surface area contributed by atoms with Crippen LogP contribution in [0.25, 0.3) is 0 Å². The molecule has 4 atom stereocenters. The number of morpholine rings is 1. The van der Waals surface area contributed by atoms with E-state index >= 15 is 0 Å². The van der Waals surface area contributed by atoms with Crippen LogP contribution in [0.5, 0.6) is 0 Å². The number of rotatable bonds is 5. The van der Waals surface area contributed by atoms with Crippen LogP contribution >= 0.6 is 0 Å². The predicted octanol–water partition coefficient (Wildman–Crippen LogP) is 2.28. The highest BCUT2D eigenvalue weighted by atomic mass is 16.5. The first kappa shape index (κ1) is 17.7. The lowest BCUT2D eigenvalue weighted by molar-refractivity contribution is -0.947. The number of likely N-dealkylation sites (N-methyl/N-ethyl adjacent to an activating group) is 1. The smallest absolute Gasteiger partial charge is 0.105 e. The predicted molar refractivity (Wildman–Crippen MR) is 93.3 cm³/mol. The zero-order valence-corrected chi connectivity index (χ0v) is 15.6. The Morgan fingerprint density at radius 1 is 1.00 bits per heavy atom. The minimum Gasteiger partial charge on any atom is -0.372 e. The van der Waals surface area contributed by atoms with Crippen LogP contribution in [0.4, 0.5) is 0 Å². The third kappa shape index (κ3) is 4.28. The van der Waals surface area contributed by atoms with Crippen LogP contribution < -0.4 is 0 Å². The third-order valence-electron chi connectivity index (χ3n) is 6.85. The van der Waals surface area contributed by atoms with Crippen LogP contribution in [-0.2, 0) is 9.47 Å². The molecule has 0 amide bonds. The monoisotopic (exact) mass is 326 g/mol. The second-order valence-electron chi connectivity index (χ2n) is 8.90. The van der Waals surface area contributed by atoms with Crippen LogP contribution in [0.15, 0.2) is 0 Å². The molecule has 0 aromatic heterocycles. The van der Waals surface area contributed by atoms with Gasteiger partial charge >= 0.3 is 0 Å². The molecule has 0 aromatic rings. The van der Waals surface area contributed by atoms with Crippen molar-refractivity contribution in [1.29, 1.82) is 0 Å². The molecule has 3 aliphatic heterocycles. The van der Waals surface area contributed by atoms with Gasteiger partial charge in [0, 0.05) is 12.3 Å². The second kappa shape index (κ2) is 7.38. The fourth-order valence-corrected chi connectivity index (χ4v) is 5.36. The van der Waals surface area contributed by atoms with Gasteiger partial charge in [0.25, 0.3) is 0 Å². The Kier molecular flexibility index (Phi) is 5.67. The summed E-state index contributed by atoms with van der Waals surface area (Å²) < 4.78 is 14.3. The molecule has 23 heavy (non-hydrogen) atoms. The molecule has 3 rings (SSSR count). The quantitative estimate of drug-likeness (QED) is 0.722. The highest BCUT2D eigenvalue weighted by Gasteiger charge is 2.43. The molecule has 0 aromatic carbocycles. The van der Waals surface area contributed by atoms with Crippen LogP contribution in [0.1, 0.15) is 39.0 Å². The highest BCUT2D eigenvalue weighted by molar-refractivity contribution is 4.79. The number of hydrogen-bond acceptors (Lipinski definition) is 2. The first-order valence-corrected chi connectivity index (χ1v) is 9.88. The summed E-state index contributed by atoms with van der Waals surface area (Å²) in [4.78, 5) is 0. The summed E-state index contributed by atoms with van der Waals surface area (Å²) in [6, 6.07) is 0.859. The van der Waals surface area contributed by atoms with E-state index in [4.69, 9.17) is 9.47 Å². The van der Waals surface area contributed by atoms with Gasteiger partial charge in [-0.1, -0.05) is 0 Å². The molecule has 0 radical (unpaired) electrons. The standard InChI is InChI=1S/C19H38N2O2/c1-17(15-20(2)11-13-22-14-12-20)23-16-18-7-6-10-21(3)9-5-4-8-19(18)21/h17-19H,4-16H2,1-3H3/q+2/t17?,18-,19+,21?/m0/s1. The molecular weight excluding hydrogens is 288 g/mol. The van der Waals surface area contributed by atoms with Gasteiger partial charge in [-0.25, -0.2) is 0 Å². The van der Waals surface area contributed by atoms with Crippen LogP contribution in [-0.4, -0.2) is 87.8 Å². The minimum atomic E-state index is 0.363. The number of quaternary nitrogens is 2. The first-order valence-electron chi connectivity index (χ1n) is 9.88. The molecule has 0 spiro atoms. The SMILES string of the molecule is CC(C[N+]1(C)CCOCC1)OC[C@@H]1CCC[N+]2(C)CCCC[C@H]12. The van der Waals surface area contributed by atoms with Gasteiger partial charge < -0.3 is 18.4 Å². The molecular formula is C19H38N2O2+2. The van der Waals surface area contributed by atoms with Crippen molar-refractivity contribution in [3.05, 3.63) is 0 Å². The Bertz CT molecular complexity index is 380. The Morgan fingerprint density at radius 3 is 2.52 bits per heavy atom. The topological polar surface area (TPSA) is 18.5 Å². The van der Waals surface area contributed by atoms with Gasteiger partial charge in [0.05, 0.1) is 53.0 Å². The molecule has 3 saturated heterocycles. The van der Waals surface area contributed by atoms with Crippen molar-refractivity contribution >= 4 is 0 Å². The maximum atomic E-state index is 6.38. The summed E-state index contributed by atoms with van der Waals surface area (Å²) >= 11 is 0. The molecule has 4 heteroatoms. The van der Waals surface area contributed by atoms with E-state index in [-0.39, 0.29) is 0 Å². The Labute approximate surface area is 142 Å². The average Bonchev–Trinajstić information content (AvgIpc) is 2.52. The van der Waals surface area contributed by atoms with Gasteiger partial charge in [-0.3, -0.25) is 0 Å². The third-order valence-corrected chi connectivity index (χ3v) is 6.85. The van der Waals surface area contributed by atoms with Gasteiger partial charge in [0.1, 0.15) is 25.7 Å². The summed E-state index contributed by atoms with van der Waals surface area (Å²) in [5.41, 5.74) is 0. The molecule has 0 N–H and O–H groups in total. The highest BCUT2D eigenvalue weighted by Crippen LogP contribution is 2.36. The van der Waals surface area contributed by atoms with E-state index in [0.717, 1.165) is 55.9 Å². The maximum absolute atomic E-state index is 6.38. The number of fused-ring (bicyclic) bond motifs is 1. The largest absolute Gasteiger partial charge is 0.372 e. The van der Waals surface area contributed by atoms with Gasteiger partial charge in [0.15, 0.2) is 0 Å². The van der Waals surface area contributed by atoms with Crippen molar-refractivity contribution < 1.29 is 18.4 Å². The van der Waals surface area contributed by atoms with Crippen LogP contribution in [0.2, 0.25) is 0 Å². The Balaban J connectivity index is 1.49. The first-order chi connectivity index (χ1) is 11.0. The molecule has 3 heterocycles. The molecule has 2 unspecified atom stereocenters. The number of hydrogen-bond donors (Lipinski definition) is 0. The van der Waals surface area contributed by atoms with E-state index in [9.17, 15) is 0 Å². The summed E-state index contributed by atoms with van der Waals surface area (Å²) in [7, 11) is 4.86. The summed E-state index contributed by atoms with van der Waals surface area (Å²) in [6.45, 7) is 11.3. The minimum absolute atomic E-state index is 0.363. The lowest BCUT2D eigenvalue weighted by atomic mass is 9.82. The van der Waals surface area contributed by atoms with Crippen molar-refractivity contribution in [3.8, 4) is 0 Å². The van der Waals surface area contributed by atoms with Crippen molar-refractivity contribution in [3.63, 3.8) is 0 Å². The lowest BCUT2D eigenvalue weighted by Gasteiger charge is -2.51. The second-order valence-corrected chi connectivity index (χ2v) is 8.90. The van der Waals surface area contributed by atoms with Crippen molar-refractivity contribution in [1.82, 2.24) is 0 Å². The lowest BCUT2D eigenvalue weighted by Crippen LogP contribution is -2.61. The zero-order valence-electron chi connectivity index (χ0n) is 15.6. The molecule has 0 saturated carbocycles. The normalized spacial score (nSPS) is 38.7. The summed E-state index contributed by atoms with van der Waals surface area (Å²) in [6.07, 6.45) is 7.41. The Morgan fingerprint density at radius 2 is 1.74 bits per heavy atom. The number of ether oxygens (including phenoxy) is 2. The molecule has 3 aliphatic rings. The van der Waals surface area contributed by atoms with E-state index in [2.05, 4.69) is 21.0 Å². The number of nitrogens with zero attached hydrogens (tertiary/aromatic N) is 2. The zero-order chi connectivity index (χ0) is 16.3. The molecule has 3 fully saturated rings. The van der Waals surface area contributed by atoms with E-state index in [1.807, 2.05) is 0 Å². The van der Waals surface area contributed by atoms with Gasteiger partial charge in [-0.2, -0.15) is 0 Å². The summed E-state index contributed by atoms with van der Waals surface area (Å²) in [5, 5.41) is 0.